The molecule has 2 atom stereocenters. The van der Waals surface area contributed by atoms with Gasteiger partial charge in [-0.15, -0.1) is 0 Å². The van der Waals surface area contributed by atoms with Crippen molar-refractivity contribution in [1.29, 1.82) is 0 Å². The Labute approximate surface area is 212 Å². The number of methoxy groups -OCH3 is 3. The number of benzene rings is 2. The molecule has 1 aliphatic heterocycles. The van der Waals surface area contributed by atoms with Crippen molar-refractivity contribution in [1.82, 2.24) is 5.32 Å². The van der Waals surface area contributed by atoms with Crippen molar-refractivity contribution in [3.8, 4) is 17.2 Å². The predicted octanol–water partition coefficient (Wildman–Crippen LogP) is 5.03. The fourth-order valence-corrected chi connectivity index (χ4v) is 5.18. The van der Waals surface area contributed by atoms with Gasteiger partial charge < -0.3 is 24.3 Å². The van der Waals surface area contributed by atoms with Crippen molar-refractivity contribution in [2.75, 3.05) is 21.3 Å². The molecule has 0 aromatic heterocycles. The maximum absolute atomic E-state index is 13.8. The number of Topliss-reactive ketones (excluding diaryl/α,β-unsaturated/α-hetero) is 1. The smallest absolute Gasteiger partial charge is 0.337 e. The highest BCUT2D eigenvalue weighted by molar-refractivity contribution is 6.04. The Kier molecular flexibility index (Phi) is 7.38. The number of nitrogens with one attached hydrogen (secondary N) is 1. The Morgan fingerprint density at radius 3 is 2.31 bits per heavy atom. The molecule has 2 aliphatic rings. The van der Waals surface area contributed by atoms with Crippen LogP contribution in [0.1, 0.15) is 56.6 Å². The van der Waals surface area contributed by atoms with Crippen molar-refractivity contribution < 1.29 is 28.5 Å². The molecule has 0 amide bonds. The molecule has 7 heteroatoms. The Morgan fingerprint density at radius 1 is 0.944 bits per heavy atom. The maximum Gasteiger partial charge on any atom is 0.337 e. The summed E-state index contributed by atoms with van der Waals surface area (Å²) in [5.41, 5.74) is 4.28. The van der Waals surface area contributed by atoms with E-state index < -0.39 is 11.9 Å². The second-order valence-corrected chi connectivity index (χ2v) is 9.33. The van der Waals surface area contributed by atoms with Crippen LogP contribution in [0.15, 0.2) is 65.0 Å². The average molecular weight is 492 g/mol. The number of allylic oxidation sites excluding steroid dienone is 3. The molecule has 0 saturated carbocycles. The molecule has 36 heavy (non-hydrogen) atoms. The zero-order valence-electron chi connectivity index (χ0n) is 21.6. The number of dihydropyridines is 1. The van der Waals surface area contributed by atoms with Crippen LogP contribution in [0.3, 0.4) is 0 Å². The summed E-state index contributed by atoms with van der Waals surface area (Å²) in [5, 5.41) is 3.38. The third kappa shape index (κ3) is 4.70. The highest BCUT2D eigenvalue weighted by Crippen LogP contribution is 2.48. The number of hydrogen-bond donors (Lipinski definition) is 1. The van der Waals surface area contributed by atoms with Gasteiger partial charge in [0.2, 0.25) is 0 Å². The second-order valence-electron chi connectivity index (χ2n) is 9.33. The van der Waals surface area contributed by atoms with Crippen LogP contribution in [0.25, 0.3) is 0 Å². The molecule has 0 unspecified atom stereocenters. The SMILES string of the molecule is COc1ccc([C@@H]2C(C(=O)OC(C)C)=C(C)NC3=C2C(=O)C[C@@H](c2ccccc2OC)C3)cc1OC. The number of esters is 1. The largest absolute Gasteiger partial charge is 0.496 e. The Bertz CT molecular complexity index is 1240. The first kappa shape index (κ1) is 25.4. The molecule has 7 nitrogen and oxygen atoms in total. The Morgan fingerprint density at radius 2 is 1.64 bits per heavy atom. The fourth-order valence-electron chi connectivity index (χ4n) is 5.18. The van der Waals surface area contributed by atoms with Crippen LogP contribution in [0.4, 0.5) is 0 Å². The highest BCUT2D eigenvalue weighted by atomic mass is 16.5. The summed E-state index contributed by atoms with van der Waals surface area (Å²) >= 11 is 0. The molecule has 2 aromatic carbocycles. The minimum Gasteiger partial charge on any atom is -0.496 e. The number of ketones is 1. The van der Waals surface area contributed by atoms with E-state index in [9.17, 15) is 9.59 Å². The molecule has 190 valence electrons. The molecule has 0 saturated heterocycles. The summed E-state index contributed by atoms with van der Waals surface area (Å²) in [4.78, 5) is 27.1. The molecule has 1 N–H and O–H groups in total. The van der Waals surface area contributed by atoms with Gasteiger partial charge in [-0.3, -0.25) is 4.79 Å². The van der Waals surface area contributed by atoms with E-state index in [2.05, 4.69) is 5.32 Å². The van der Waals surface area contributed by atoms with Gasteiger partial charge in [-0.2, -0.15) is 0 Å². The number of hydrogen-bond acceptors (Lipinski definition) is 7. The zero-order chi connectivity index (χ0) is 26.0. The van der Waals surface area contributed by atoms with Gasteiger partial charge in [0.1, 0.15) is 5.75 Å². The van der Waals surface area contributed by atoms with Gasteiger partial charge >= 0.3 is 5.97 Å². The van der Waals surface area contributed by atoms with Crippen molar-refractivity contribution in [2.45, 2.75) is 51.6 Å². The first-order valence-corrected chi connectivity index (χ1v) is 12.1. The molecule has 1 aliphatic carbocycles. The lowest BCUT2D eigenvalue weighted by molar-refractivity contribution is -0.143. The number of para-hydroxylation sites is 1. The van der Waals surface area contributed by atoms with Gasteiger partial charge in [0.25, 0.3) is 0 Å². The van der Waals surface area contributed by atoms with Gasteiger partial charge in [0.05, 0.1) is 33.0 Å². The molecule has 0 spiro atoms. The van der Waals surface area contributed by atoms with Gasteiger partial charge in [0, 0.05) is 35.2 Å². The standard InChI is InChI=1S/C29H33NO6/c1-16(2)36-29(32)26-17(3)30-21-13-19(20-9-7-8-10-23(20)33-4)14-22(31)28(21)27(26)18-11-12-24(34-5)25(15-18)35-6/h7-12,15-16,19,27,30H,13-14H2,1-6H3/t19-,27+/m0/s1. The zero-order valence-corrected chi connectivity index (χ0v) is 21.6. The lowest BCUT2D eigenvalue weighted by Gasteiger charge is -2.37. The minimum absolute atomic E-state index is 0.0122. The van der Waals surface area contributed by atoms with E-state index in [1.54, 1.807) is 27.4 Å². The van der Waals surface area contributed by atoms with Crippen LogP contribution >= 0.6 is 0 Å². The normalized spacial score (nSPS) is 19.6. The number of ether oxygens (including phenoxy) is 4. The van der Waals surface area contributed by atoms with E-state index in [0.29, 0.717) is 41.2 Å². The van der Waals surface area contributed by atoms with E-state index in [4.69, 9.17) is 18.9 Å². The lowest BCUT2D eigenvalue weighted by Crippen LogP contribution is -2.36. The van der Waals surface area contributed by atoms with Crippen molar-refractivity contribution >= 4 is 11.8 Å². The third-order valence-corrected chi connectivity index (χ3v) is 6.71. The second kappa shape index (κ2) is 10.5. The number of carbonyl (C=O) groups excluding carboxylic acids is 2. The molecular weight excluding hydrogens is 458 g/mol. The number of carbonyl (C=O) groups is 2. The molecule has 0 radical (unpaired) electrons. The van der Waals surface area contributed by atoms with E-state index in [-0.39, 0.29) is 17.8 Å². The van der Waals surface area contributed by atoms with Crippen LogP contribution in [-0.2, 0) is 14.3 Å². The van der Waals surface area contributed by atoms with Crippen LogP contribution in [0.5, 0.6) is 17.2 Å². The van der Waals surface area contributed by atoms with Crippen molar-refractivity contribution in [3.63, 3.8) is 0 Å². The van der Waals surface area contributed by atoms with Crippen LogP contribution in [0.2, 0.25) is 0 Å². The Balaban J connectivity index is 1.84. The summed E-state index contributed by atoms with van der Waals surface area (Å²) in [6.07, 6.45) is 0.641. The maximum atomic E-state index is 13.8. The quantitative estimate of drug-likeness (QED) is 0.544. The van der Waals surface area contributed by atoms with E-state index >= 15 is 0 Å². The molecule has 2 aromatic rings. The lowest BCUT2D eigenvalue weighted by atomic mass is 9.71. The van der Waals surface area contributed by atoms with Gasteiger partial charge in [-0.1, -0.05) is 24.3 Å². The number of rotatable bonds is 7. The van der Waals surface area contributed by atoms with Crippen LogP contribution in [0, 0.1) is 0 Å². The molecular formula is C29H33NO6. The fraction of sp³-hybridized carbons (Fsp3) is 0.379. The molecule has 0 fully saturated rings. The molecule has 4 rings (SSSR count). The summed E-state index contributed by atoms with van der Waals surface area (Å²) in [7, 11) is 4.77. The summed E-state index contributed by atoms with van der Waals surface area (Å²) < 4.78 is 22.1. The first-order valence-electron chi connectivity index (χ1n) is 12.1. The van der Waals surface area contributed by atoms with Gasteiger partial charge in [-0.25, -0.2) is 4.79 Å². The van der Waals surface area contributed by atoms with Crippen molar-refractivity contribution in [2.24, 2.45) is 0 Å². The first-order chi connectivity index (χ1) is 17.3. The highest BCUT2D eigenvalue weighted by Gasteiger charge is 2.42. The van der Waals surface area contributed by atoms with Gasteiger partial charge in [0.15, 0.2) is 17.3 Å². The van der Waals surface area contributed by atoms with E-state index in [1.807, 2.05) is 57.2 Å². The minimum atomic E-state index is -0.585. The average Bonchev–Trinajstić information content (AvgIpc) is 2.86. The van der Waals surface area contributed by atoms with Gasteiger partial charge in [-0.05, 0) is 56.5 Å². The van der Waals surface area contributed by atoms with Crippen LogP contribution < -0.4 is 19.5 Å². The Hall–Kier alpha value is -3.74. The summed E-state index contributed by atoms with van der Waals surface area (Å²) in [6.45, 7) is 5.47. The van der Waals surface area contributed by atoms with Crippen molar-refractivity contribution in [3.05, 3.63) is 76.1 Å². The molecule has 0 bridgehead atoms. The van der Waals surface area contributed by atoms with E-state index in [1.165, 1.54) is 0 Å². The summed E-state index contributed by atoms with van der Waals surface area (Å²) in [6, 6.07) is 13.3. The third-order valence-electron chi connectivity index (χ3n) is 6.71. The summed E-state index contributed by atoms with van der Waals surface area (Å²) in [5.74, 6) is 0.784. The monoisotopic (exact) mass is 491 g/mol. The molecule has 1 heterocycles. The predicted molar refractivity (Wildman–Crippen MR) is 136 cm³/mol. The van der Waals surface area contributed by atoms with Crippen LogP contribution in [-0.4, -0.2) is 39.2 Å². The topological polar surface area (TPSA) is 83.1 Å². The van der Waals surface area contributed by atoms with E-state index in [0.717, 1.165) is 22.6 Å².